The summed E-state index contributed by atoms with van der Waals surface area (Å²) in [7, 11) is 2.01. The molecular weight excluding hydrogens is 274 g/mol. The lowest BCUT2D eigenvalue weighted by atomic mass is 10.1. The number of piperidine rings is 1. The van der Waals surface area contributed by atoms with Gasteiger partial charge in [0.25, 0.3) is 0 Å². The van der Waals surface area contributed by atoms with Crippen molar-refractivity contribution in [2.45, 2.75) is 25.8 Å². The SMILES string of the molecule is Cc1ccc(NC(=O)CN(C)C2CCNCC2)c(Cl)c1. The van der Waals surface area contributed by atoms with E-state index in [-0.39, 0.29) is 5.91 Å². The van der Waals surface area contributed by atoms with Crippen LogP contribution in [0.3, 0.4) is 0 Å². The van der Waals surface area contributed by atoms with Crippen LogP contribution >= 0.6 is 11.6 Å². The molecule has 0 aliphatic carbocycles. The highest BCUT2D eigenvalue weighted by molar-refractivity contribution is 6.33. The van der Waals surface area contributed by atoms with E-state index in [0.717, 1.165) is 31.5 Å². The van der Waals surface area contributed by atoms with Crippen molar-refractivity contribution in [3.63, 3.8) is 0 Å². The molecule has 0 aromatic heterocycles. The molecule has 0 spiro atoms. The largest absolute Gasteiger partial charge is 0.324 e. The van der Waals surface area contributed by atoms with E-state index in [1.165, 1.54) is 0 Å². The van der Waals surface area contributed by atoms with E-state index in [1.807, 2.05) is 32.2 Å². The Morgan fingerprint density at radius 3 is 2.80 bits per heavy atom. The molecular formula is C15H22ClN3O. The zero-order chi connectivity index (χ0) is 14.5. The van der Waals surface area contributed by atoms with Crippen LogP contribution in [0.2, 0.25) is 5.02 Å². The number of carbonyl (C=O) groups excluding carboxylic acids is 1. The molecule has 2 N–H and O–H groups in total. The van der Waals surface area contributed by atoms with Crippen LogP contribution in [0.5, 0.6) is 0 Å². The highest BCUT2D eigenvalue weighted by Gasteiger charge is 2.19. The van der Waals surface area contributed by atoms with Gasteiger partial charge < -0.3 is 10.6 Å². The third-order valence-electron chi connectivity index (χ3n) is 3.72. The Kier molecular flexibility index (Phi) is 5.40. The van der Waals surface area contributed by atoms with Crippen LogP contribution in [0.4, 0.5) is 5.69 Å². The minimum absolute atomic E-state index is 0.0169. The number of aryl methyl sites for hydroxylation is 1. The summed E-state index contributed by atoms with van der Waals surface area (Å²) in [6.45, 7) is 4.43. The Labute approximate surface area is 125 Å². The van der Waals surface area contributed by atoms with E-state index in [9.17, 15) is 4.79 Å². The number of halogens is 1. The summed E-state index contributed by atoms with van der Waals surface area (Å²) in [5.41, 5.74) is 1.76. The molecule has 0 radical (unpaired) electrons. The Balaban J connectivity index is 1.88. The quantitative estimate of drug-likeness (QED) is 0.896. The molecule has 1 heterocycles. The second-order valence-corrected chi connectivity index (χ2v) is 5.83. The van der Waals surface area contributed by atoms with Gasteiger partial charge in [0.15, 0.2) is 0 Å². The first kappa shape index (κ1) is 15.3. The predicted octanol–water partition coefficient (Wildman–Crippen LogP) is 2.27. The molecule has 5 heteroatoms. The van der Waals surface area contributed by atoms with Gasteiger partial charge in [-0.15, -0.1) is 0 Å². The molecule has 20 heavy (non-hydrogen) atoms. The fourth-order valence-electron chi connectivity index (χ4n) is 2.51. The van der Waals surface area contributed by atoms with Gasteiger partial charge in [0, 0.05) is 6.04 Å². The first-order chi connectivity index (χ1) is 9.56. The zero-order valence-corrected chi connectivity index (χ0v) is 12.8. The molecule has 2 rings (SSSR count). The first-order valence-electron chi connectivity index (χ1n) is 7.03. The minimum atomic E-state index is -0.0169. The van der Waals surface area contributed by atoms with Gasteiger partial charge in [0.2, 0.25) is 5.91 Å². The molecule has 0 bridgehead atoms. The maximum atomic E-state index is 12.1. The summed E-state index contributed by atoms with van der Waals surface area (Å²) in [6, 6.07) is 6.13. The Bertz CT molecular complexity index is 472. The third-order valence-corrected chi connectivity index (χ3v) is 4.04. The van der Waals surface area contributed by atoms with Crippen molar-refractivity contribution < 1.29 is 4.79 Å². The highest BCUT2D eigenvalue weighted by Crippen LogP contribution is 2.22. The van der Waals surface area contributed by atoms with Gasteiger partial charge in [0.1, 0.15) is 0 Å². The fourth-order valence-corrected chi connectivity index (χ4v) is 2.80. The summed E-state index contributed by atoms with van der Waals surface area (Å²) in [6.07, 6.45) is 2.18. The number of nitrogens with zero attached hydrogens (tertiary/aromatic N) is 1. The zero-order valence-electron chi connectivity index (χ0n) is 12.1. The topological polar surface area (TPSA) is 44.4 Å². The van der Waals surface area contributed by atoms with E-state index in [4.69, 9.17) is 11.6 Å². The maximum absolute atomic E-state index is 12.1. The Morgan fingerprint density at radius 2 is 2.15 bits per heavy atom. The number of benzene rings is 1. The number of rotatable bonds is 4. The van der Waals surface area contributed by atoms with Crippen LogP contribution in [0.15, 0.2) is 18.2 Å². The number of hydrogen-bond acceptors (Lipinski definition) is 3. The molecule has 1 amide bonds. The van der Waals surface area contributed by atoms with Crippen LogP contribution in [0, 0.1) is 6.92 Å². The van der Waals surface area contributed by atoms with Crippen molar-refractivity contribution in [1.29, 1.82) is 0 Å². The van der Waals surface area contributed by atoms with Gasteiger partial charge >= 0.3 is 0 Å². The van der Waals surface area contributed by atoms with Gasteiger partial charge in [-0.2, -0.15) is 0 Å². The van der Waals surface area contributed by atoms with E-state index in [0.29, 0.717) is 23.3 Å². The minimum Gasteiger partial charge on any atom is -0.324 e. The summed E-state index contributed by atoms with van der Waals surface area (Å²) in [5, 5.41) is 6.80. The maximum Gasteiger partial charge on any atom is 0.238 e. The third kappa shape index (κ3) is 4.20. The molecule has 0 atom stereocenters. The Morgan fingerprint density at radius 1 is 1.45 bits per heavy atom. The first-order valence-corrected chi connectivity index (χ1v) is 7.41. The van der Waals surface area contributed by atoms with Crippen LogP contribution in [-0.4, -0.2) is 43.5 Å². The lowest BCUT2D eigenvalue weighted by Crippen LogP contribution is -2.44. The Hall–Kier alpha value is -1.10. The molecule has 1 aliphatic rings. The normalized spacial score (nSPS) is 16.4. The smallest absolute Gasteiger partial charge is 0.238 e. The predicted molar refractivity (Wildman–Crippen MR) is 83.3 cm³/mol. The van der Waals surface area contributed by atoms with Crippen LogP contribution in [0.1, 0.15) is 18.4 Å². The summed E-state index contributed by atoms with van der Waals surface area (Å²) in [4.78, 5) is 14.2. The molecule has 4 nitrogen and oxygen atoms in total. The van der Waals surface area contributed by atoms with Gasteiger partial charge in [-0.3, -0.25) is 9.69 Å². The standard InChI is InChI=1S/C15H22ClN3O/c1-11-3-4-14(13(16)9-11)18-15(20)10-19(2)12-5-7-17-8-6-12/h3-4,9,12,17H,5-8,10H2,1-2H3,(H,18,20). The van der Waals surface area contributed by atoms with Crippen molar-refractivity contribution in [3.05, 3.63) is 28.8 Å². The fraction of sp³-hybridized carbons (Fsp3) is 0.533. The summed E-state index contributed by atoms with van der Waals surface area (Å²) in [5.74, 6) is -0.0169. The van der Waals surface area contributed by atoms with Gasteiger partial charge in [-0.1, -0.05) is 17.7 Å². The van der Waals surface area contributed by atoms with Gasteiger partial charge in [0.05, 0.1) is 17.3 Å². The van der Waals surface area contributed by atoms with Crippen LogP contribution in [0.25, 0.3) is 0 Å². The van der Waals surface area contributed by atoms with Gasteiger partial charge in [-0.25, -0.2) is 0 Å². The molecule has 1 aromatic carbocycles. The molecule has 1 aromatic rings. The molecule has 1 aliphatic heterocycles. The van der Waals surface area contributed by atoms with Crippen molar-refractivity contribution in [2.75, 3.05) is 32.0 Å². The number of carbonyl (C=O) groups is 1. The number of anilines is 1. The molecule has 1 fully saturated rings. The summed E-state index contributed by atoms with van der Waals surface area (Å²) >= 11 is 6.12. The van der Waals surface area contributed by atoms with Crippen LogP contribution < -0.4 is 10.6 Å². The number of hydrogen-bond donors (Lipinski definition) is 2. The van der Waals surface area contributed by atoms with Crippen molar-refractivity contribution in [2.24, 2.45) is 0 Å². The highest BCUT2D eigenvalue weighted by atomic mass is 35.5. The average molecular weight is 296 g/mol. The number of amides is 1. The number of nitrogens with one attached hydrogen (secondary N) is 2. The lowest BCUT2D eigenvalue weighted by Gasteiger charge is -2.31. The molecule has 0 saturated carbocycles. The second-order valence-electron chi connectivity index (χ2n) is 5.43. The monoisotopic (exact) mass is 295 g/mol. The van der Waals surface area contributed by atoms with E-state index in [2.05, 4.69) is 15.5 Å². The van der Waals surface area contributed by atoms with E-state index >= 15 is 0 Å². The van der Waals surface area contributed by atoms with E-state index < -0.39 is 0 Å². The lowest BCUT2D eigenvalue weighted by molar-refractivity contribution is -0.117. The molecule has 110 valence electrons. The molecule has 1 saturated heterocycles. The second kappa shape index (κ2) is 7.07. The van der Waals surface area contributed by atoms with Gasteiger partial charge in [-0.05, 0) is 57.6 Å². The molecule has 0 unspecified atom stereocenters. The summed E-state index contributed by atoms with van der Waals surface area (Å²) < 4.78 is 0. The van der Waals surface area contributed by atoms with Crippen LogP contribution in [-0.2, 0) is 4.79 Å². The number of likely N-dealkylation sites (N-methyl/N-ethyl adjacent to an activating group) is 1. The van der Waals surface area contributed by atoms with Crippen molar-refractivity contribution in [1.82, 2.24) is 10.2 Å². The van der Waals surface area contributed by atoms with Crippen molar-refractivity contribution >= 4 is 23.2 Å². The van der Waals surface area contributed by atoms with E-state index in [1.54, 1.807) is 0 Å². The average Bonchev–Trinajstić information content (AvgIpc) is 2.43. The van der Waals surface area contributed by atoms with Crippen molar-refractivity contribution in [3.8, 4) is 0 Å².